The minimum Gasteiger partial charge on any atom is -0.497 e. The Morgan fingerprint density at radius 3 is 2.42 bits per heavy atom. The lowest BCUT2D eigenvalue weighted by molar-refractivity contribution is 0.415. The monoisotopic (exact) mass is 264 g/mol. The smallest absolute Gasteiger partial charge is 0.119 e. The fourth-order valence-corrected chi connectivity index (χ4v) is 2.01. The first kappa shape index (κ1) is 15.8. The van der Waals surface area contributed by atoms with E-state index >= 15 is 0 Å². The van der Waals surface area contributed by atoms with Crippen molar-refractivity contribution in [2.45, 2.75) is 32.6 Å². The number of rotatable bonds is 10. The second-order valence-corrected chi connectivity index (χ2v) is 4.93. The summed E-state index contributed by atoms with van der Waals surface area (Å²) >= 11 is 0. The molecule has 0 unspecified atom stereocenters. The van der Waals surface area contributed by atoms with Crippen LogP contribution in [0.15, 0.2) is 24.3 Å². The number of nitrogens with zero attached hydrogens (tertiary/aromatic N) is 1. The minimum absolute atomic E-state index is 0.909. The summed E-state index contributed by atoms with van der Waals surface area (Å²) in [4.78, 5) is 2.26. The van der Waals surface area contributed by atoms with Crippen LogP contribution in [-0.4, -0.2) is 33.8 Å². The molecule has 1 aromatic carbocycles. The Bertz CT molecular complexity index is 324. The van der Waals surface area contributed by atoms with Gasteiger partial charge in [0.15, 0.2) is 0 Å². The molecule has 0 radical (unpaired) electrons. The van der Waals surface area contributed by atoms with Gasteiger partial charge in [0.1, 0.15) is 5.75 Å². The second kappa shape index (κ2) is 9.68. The normalized spacial score (nSPS) is 10.5. The Balaban J connectivity index is 2.14. The highest BCUT2D eigenvalue weighted by Gasteiger charge is 2.00. The molecule has 0 aliphatic carbocycles. The predicted molar refractivity (Wildman–Crippen MR) is 83.3 cm³/mol. The van der Waals surface area contributed by atoms with E-state index < -0.39 is 0 Å². The summed E-state index contributed by atoms with van der Waals surface area (Å²) in [6, 6.07) is 8.20. The van der Waals surface area contributed by atoms with E-state index in [1.807, 2.05) is 12.1 Å². The highest BCUT2D eigenvalue weighted by atomic mass is 16.5. The van der Waals surface area contributed by atoms with Gasteiger partial charge in [0, 0.05) is 25.8 Å². The summed E-state index contributed by atoms with van der Waals surface area (Å²) in [5, 5.41) is 3.50. The zero-order chi connectivity index (χ0) is 13.9. The largest absolute Gasteiger partial charge is 0.497 e. The Kier molecular flexibility index (Phi) is 8.07. The van der Waals surface area contributed by atoms with Gasteiger partial charge in [-0.1, -0.05) is 26.2 Å². The highest BCUT2D eigenvalue weighted by Crippen LogP contribution is 2.17. The molecule has 1 aromatic rings. The first-order valence-electron chi connectivity index (χ1n) is 7.34. The third-order valence-corrected chi connectivity index (χ3v) is 3.34. The number of hydrogen-bond donors (Lipinski definition) is 1. The van der Waals surface area contributed by atoms with Crippen LogP contribution in [0.2, 0.25) is 0 Å². The van der Waals surface area contributed by atoms with Crippen LogP contribution in [0.25, 0.3) is 0 Å². The van der Waals surface area contributed by atoms with Crippen LogP contribution < -0.4 is 15.0 Å². The number of nitrogens with one attached hydrogen (secondary N) is 1. The maximum Gasteiger partial charge on any atom is 0.119 e. The first-order chi connectivity index (χ1) is 9.27. The Labute approximate surface area is 118 Å². The van der Waals surface area contributed by atoms with Crippen LogP contribution in [0.1, 0.15) is 32.6 Å². The number of anilines is 1. The van der Waals surface area contributed by atoms with Crippen LogP contribution in [0, 0.1) is 0 Å². The van der Waals surface area contributed by atoms with E-state index in [-0.39, 0.29) is 0 Å². The molecule has 0 saturated heterocycles. The fourth-order valence-electron chi connectivity index (χ4n) is 2.01. The van der Waals surface area contributed by atoms with Crippen molar-refractivity contribution in [2.24, 2.45) is 0 Å². The molecule has 108 valence electrons. The minimum atomic E-state index is 0.909. The number of unbranched alkanes of at least 4 members (excludes halogenated alkanes) is 3. The molecule has 1 rings (SSSR count). The van der Waals surface area contributed by atoms with E-state index in [2.05, 4.69) is 36.3 Å². The Hall–Kier alpha value is -1.22. The average Bonchev–Trinajstić information content (AvgIpc) is 2.46. The second-order valence-electron chi connectivity index (χ2n) is 4.93. The van der Waals surface area contributed by atoms with Crippen molar-refractivity contribution < 1.29 is 4.74 Å². The summed E-state index contributed by atoms with van der Waals surface area (Å²) < 4.78 is 5.16. The van der Waals surface area contributed by atoms with E-state index in [1.54, 1.807) is 7.11 Å². The van der Waals surface area contributed by atoms with Crippen LogP contribution >= 0.6 is 0 Å². The van der Waals surface area contributed by atoms with Gasteiger partial charge < -0.3 is 15.0 Å². The molecule has 0 aromatic heterocycles. The summed E-state index contributed by atoms with van der Waals surface area (Å²) in [7, 11) is 3.82. The van der Waals surface area contributed by atoms with Gasteiger partial charge in [-0.25, -0.2) is 0 Å². The van der Waals surface area contributed by atoms with E-state index in [0.29, 0.717) is 0 Å². The summed E-state index contributed by atoms with van der Waals surface area (Å²) in [5.41, 5.74) is 1.23. The van der Waals surface area contributed by atoms with E-state index in [0.717, 1.165) is 25.4 Å². The van der Waals surface area contributed by atoms with E-state index in [4.69, 9.17) is 4.74 Å². The van der Waals surface area contributed by atoms with Crippen molar-refractivity contribution in [1.82, 2.24) is 5.32 Å². The number of likely N-dealkylation sites (N-methyl/N-ethyl adjacent to an activating group) is 1. The average molecular weight is 264 g/mol. The van der Waals surface area contributed by atoms with Crippen molar-refractivity contribution in [2.75, 3.05) is 38.7 Å². The van der Waals surface area contributed by atoms with E-state index in [1.165, 1.54) is 31.4 Å². The molecule has 3 nitrogen and oxygen atoms in total. The molecule has 0 bridgehead atoms. The molecule has 1 N–H and O–H groups in total. The number of hydrogen-bond acceptors (Lipinski definition) is 3. The van der Waals surface area contributed by atoms with Gasteiger partial charge in [0.05, 0.1) is 7.11 Å². The maximum absolute atomic E-state index is 5.16. The van der Waals surface area contributed by atoms with Gasteiger partial charge in [0.25, 0.3) is 0 Å². The number of benzene rings is 1. The lowest BCUT2D eigenvalue weighted by Gasteiger charge is -2.19. The standard InChI is InChI=1S/C16H28N2O/c1-4-5-6-7-12-17-13-14-18(2)15-8-10-16(19-3)11-9-15/h8-11,17H,4-7,12-14H2,1-3H3. The van der Waals surface area contributed by atoms with Crippen molar-refractivity contribution in [3.05, 3.63) is 24.3 Å². The maximum atomic E-state index is 5.16. The Morgan fingerprint density at radius 2 is 1.79 bits per heavy atom. The fraction of sp³-hybridized carbons (Fsp3) is 0.625. The van der Waals surface area contributed by atoms with Gasteiger partial charge >= 0.3 is 0 Å². The van der Waals surface area contributed by atoms with Crippen LogP contribution in [-0.2, 0) is 0 Å². The molecule has 0 fully saturated rings. The molecule has 19 heavy (non-hydrogen) atoms. The summed E-state index contributed by atoms with van der Waals surface area (Å²) in [5.74, 6) is 0.909. The van der Waals surface area contributed by atoms with Crippen molar-refractivity contribution >= 4 is 5.69 Å². The highest BCUT2D eigenvalue weighted by molar-refractivity contribution is 5.48. The molecular weight excluding hydrogens is 236 g/mol. The molecule has 0 heterocycles. The third kappa shape index (κ3) is 6.48. The lowest BCUT2D eigenvalue weighted by atomic mass is 10.2. The van der Waals surface area contributed by atoms with Gasteiger partial charge in [-0.05, 0) is 37.2 Å². The lowest BCUT2D eigenvalue weighted by Crippen LogP contribution is -2.29. The van der Waals surface area contributed by atoms with Crippen molar-refractivity contribution in [3.63, 3.8) is 0 Å². The summed E-state index contributed by atoms with van der Waals surface area (Å²) in [6.45, 7) is 5.45. The SMILES string of the molecule is CCCCCCNCCN(C)c1ccc(OC)cc1. The van der Waals surface area contributed by atoms with Crippen LogP contribution in [0.4, 0.5) is 5.69 Å². The predicted octanol–water partition coefficient (Wildman–Crippen LogP) is 3.30. The number of methoxy groups -OCH3 is 1. The van der Waals surface area contributed by atoms with Gasteiger partial charge in [0.2, 0.25) is 0 Å². The molecule has 0 aliphatic heterocycles. The van der Waals surface area contributed by atoms with E-state index in [9.17, 15) is 0 Å². The topological polar surface area (TPSA) is 24.5 Å². The quantitative estimate of drug-likeness (QED) is 0.656. The van der Waals surface area contributed by atoms with Gasteiger partial charge in [-0.2, -0.15) is 0 Å². The third-order valence-electron chi connectivity index (χ3n) is 3.34. The summed E-state index contributed by atoms with van der Waals surface area (Å²) in [6.07, 6.45) is 5.30. The van der Waals surface area contributed by atoms with Crippen molar-refractivity contribution in [3.8, 4) is 5.75 Å². The Morgan fingerprint density at radius 1 is 1.05 bits per heavy atom. The molecule has 0 spiro atoms. The molecule has 0 aliphatic rings. The molecule has 0 atom stereocenters. The van der Waals surface area contributed by atoms with Gasteiger partial charge in [-0.3, -0.25) is 0 Å². The molecule has 0 amide bonds. The molecular formula is C16H28N2O. The molecule has 3 heteroatoms. The van der Waals surface area contributed by atoms with Crippen LogP contribution in [0.3, 0.4) is 0 Å². The number of ether oxygens (including phenoxy) is 1. The van der Waals surface area contributed by atoms with Crippen LogP contribution in [0.5, 0.6) is 5.75 Å². The van der Waals surface area contributed by atoms with Gasteiger partial charge in [-0.15, -0.1) is 0 Å². The first-order valence-corrected chi connectivity index (χ1v) is 7.34. The molecule has 0 saturated carbocycles. The zero-order valence-electron chi connectivity index (χ0n) is 12.6. The van der Waals surface area contributed by atoms with Crippen molar-refractivity contribution in [1.29, 1.82) is 0 Å². The zero-order valence-corrected chi connectivity index (χ0v) is 12.6.